The molecule has 0 amide bonds. The van der Waals surface area contributed by atoms with Gasteiger partial charge in [-0.05, 0) is 48.3 Å². The van der Waals surface area contributed by atoms with E-state index in [1.807, 2.05) is 12.4 Å². The number of aromatic nitrogens is 1. The van der Waals surface area contributed by atoms with Gasteiger partial charge in [0, 0.05) is 24.5 Å². The lowest BCUT2D eigenvalue weighted by Gasteiger charge is -2.31. The van der Waals surface area contributed by atoms with E-state index >= 15 is 0 Å². The first-order valence-corrected chi connectivity index (χ1v) is 5.68. The molecule has 3 rings (SSSR count). The number of pyridine rings is 1. The summed E-state index contributed by atoms with van der Waals surface area (Å²) >= 11 is 0. The van der Waals surface area contributed by atoms with E-state index in [-0.39, 0.29) is 12.1 Å². The quantitative estimate of drug-likeness (QED) is 0.711. The molecule has 2 bridgehead atoms. The van der Waals surface area contributed by atoms with Gasteiger partial charge in [-0.15, -0.1) is 0 Å². The van der Waals surface area contributed by atoms with Crippen LogP contribution >= 0.6 is 0 Å². The fourth-order valence-corrected chi connectivity index (χ4v) is 3.44. The third-order valence-electron chi connectivity index (χ3n) is 4.27. The summed E-state index contributed by atoms with van der Waals surface area (Å²) in [5.74, 6) is 1.85. The van der Waals surface area contributed by atoms with Crippen molar-refractivity contribution in [2.24, 2.45) is 23.3 Å². The highest BCUT2D eigenvalue weighted by Crippen LogP contribution is 2.51. The summed E-state index contributed by atoms with van der Waals surface area (Å²) in [5.41, 5.74) is 13.6. The molecule has 0 saturated heterocycles. The molecule has 15 heavy (non-hydrogen) atoms. The Morgan fingerprint density at radius 1 is 1.07 bits per heavy atom. The average Bonchev–Trinajstić information content (AvgIpc) is 2.82. The summed E-state index contributed by atoms with van der Waals surface area (Å²) in [5, 5.41) is 0. The van der Waals surface area contributed by atoms with Crippen LogP contribution in [-0.2, 0) is 0 Å². The van der Waals surface area contributed by atoms with Crippen molar-refractivity contribution >= 4 is 0 Å². The fraction of sp³-hybridized carbons (Fsp3) is 0.583. The van der Waals surface area contributed by atoms with Gasteiger partial charge in [-0.25, -0.2) is 0 Å². The van der Waals surface area contributed by atoms with Crippen molar-refractivity contribution < 1.29 is 0 Å². The van der Waals surface area contributed by atoms with Crippen LogP contribution < -0.4 is 11.5 Å². The number of nitrogens with two attached hydrogens (primary N) is 2. The molecule has 5 unspecified atom stereocenters. The molecule has 3 nitrogen and oxygen atoms in total. The van der Waals surface area contributed by atoms with Crippen molar-refractivity contribution in [2.75, 3.05) is 0 Å². The smallest absolute Gasteiger partial charge is 0.0270 e. The molecule has 1 aromatic heterocycles. The molecular formula is C12H17N3. The minimum absolute atomic E-state index is 0.196. The van der Waals surface area contributed by atoms with Crippen LogP contribution in [0.15, 0.2) is 24.5 Å². The van der Waals surface area contributed by atoms with Crippen molar-refractivity contribution in [2.45, 2.75) is 30.8 Å². The highest BCUT2D eigenvalue weighted by Gasteiger charge is 2.49. The van der Waals surface area contributed by atoms with Gasteiger partial charge in [0.15, 0.2) is 0 Å². The van der Waals surface area contributed by atoms with E-state index in [1.165, 1.54) is 18.4 Å². The Labute approximate surface area is 89.9 Å². The minimum Gasteiger partial charge on any atom is -0.326 e. The van der Waals surface area contributed by atoms with Gasteiger partial charge in [0.25, 0.3) is 0 Å². The van der Waals surface area contributed by atoms with Crippen molar-refractivity contribution in [1.82, 2.24) is 4.98 Å². The van der Waals surface area contributed by atoms with Gasteiger partial charge in [-0.2, -0.15) is 0 Å². The first-order chi connectivity index (χ1) is 7.27. The largest absolute Gasteiger partial charge is 0.326 e. The molecular weight excluding hydrogens is 186 g/mol. The van der Waals surface area contributed by atoms with Crippen LogP contribution in [-0.4, -0.2) is 17.1 Å². The maximum absolute atomic E-state index is 6.15. The molecule has 5 atom stereocenters. The molecule has 2 fully saturated rings. The van der Waals surface area contributed by atoms with Gasteiger partial charge < -0.3 is 11.5 Å². The Bertz CT molecular complexity index is 349. The Balaban J connectivity index is 1.87. The van der Waals surface area contributed by atoms with Gasteiger partial charge in [0.05, 0.1) is 0 Å². The SMILES string of the molecule is NC1C2CC(c3ccncc3)C(C2)C1N. The molecule has 0 radical (unpaired) electrons. The molecule has 0 aromatic carbocycles. The lowest BCUT2D eigenvalue weighted by molar-refractivity contribution is 0.327. The molecule has 80 valence electrons. The number of nitrogens with zero attached hydrogens (tertiary/aromatic N) is 1. The molecule has 2 saturated carbocycles. The topological polar surface area (TPSA) is 64.9 Å². The number of hydrogen-bond donors (Lipinski definition) is 2. The minimum atomic E-state index is 0.196. The Hall–Kier alpha value is -0.930. The van der Waals surface area contributed by atoms with Crippen LogP contribution in [0.2, 0.25) is 0 Å². The molecule has 1 heterocycles. The zero-order valence-electron chi connectivity index (χ0n) is 8.71. The fourth-order valence-electron chi connectivity index (χ4n) is 3.44. The highest BCUT2D eigenvalue weighted by molar-refractivity contribution is 5.23. The van der Waals surface area contributed by atoms with Gasteiger partial charge in [-0.3, -0.25) is 4.98 Å². The molecule has 3 heteroatoms. The monoisotopic (exact) mass is 203 g/mol. The van der Waals surface area contributed by atoms with E-state index in [4.69, 9.17) is 11.5 Å². The first-order valence-electron chi connectivity index (χ1n) is 5.68. The maximum atomic E-state index is 6.15. The van der Waals surface area contributed by atoms with Crippen LogP contribution in [0.25, 0.3) is 0 Å². The normalized spacial score (nSPS) is 43.5. The van der Waals surface area contributed by atoms with Crippen LogP contribution in [0.4, 0.5) is 0 Å². The second-order valence-corrected chi connectivity index (χ2v) is 4.94. The van der Waals surface area contributed by atoms with Gasteiger partial charge in [0.2, 0.25) is 0 Å². The molecule has 1 aromatic rings. The lowest BCUT2D eigenvalue weighted by atomic mass is 9.79. The Morgan fingerprint density at radius 3 is 2.40 bits per heavy atom. The van der Waals surface area contributed by atoms with Crippen molar-refractivity contribution in [3.63, 3.8) is 0 Å². The summed E-state index contributed by atoms with van der Waals surface area (Å²) in [6.45, 7) is 0. The summed E-state index contributed by atoms with van der Waals surface area (Å²) in [6.07, 6.45) is 6.17. The zero-order chi connectivity index (χ0) is 10.4. The van der Waals surface area contributed by atoms with Crippen molar-refractivity contribution in [1.29, 1.82) is 0 Å². The summed E-state index contributed by atoms with van der Waals surface area (Å²) < 4.78 is 0. The Kier molecular flexibility index (Phi) is 2.04. The second kappa shape index (κ2) is 3.29. The van der Waals surface area contributed by atoms with E-state index in [9.17, 15) is 0 Å². The molecule has 2 aliphatic rings. The van der Waals surface area contributed by atoms with Gasteiger partial charge in [0.1, 0.15) is 0 Å². The third-order valence-corrected chi connectivity index (χ3v) is 4.27. The maximum Gasteiger partial charge on any atom is 0.0270 e. The highest BCUT2D eigenvalue weighted by atomic mass is 14.9. The first kappa shape index (κ1) is 9.31. The number of rotatable bonds is 1. The van der Waals surface area contributed by atoms with Crippen LogP contribution in [0.5, 0.6) is 0 Å². The van der Waals surface area contributed by atoms with Gasteiger partial charge in [-0.1, -0.05) is 0 Å². The van der Waals surface area contributed by atoms with Crippen molar-refractivity contribution in [3.8, 4) is 0 Å². The van der Waals surface area contributed by atoms with Crippen LogP contribution in [0.3, 0.4) is 0 Å². The lowest BCUT2D eigenvalue weighted by Crippen LogP contribution is -2.47. The summed E-state index contributed by atoms with van der Waals surface area (Å²) in [4.78, 5) is 4.06. The van der Waals surface area contributed by atoms with E-state index in [2.05, 4.69) is 17.1 Å². The molecule has 0 spiro atoms. The van der Waals surface area contributed by atoms with E-state index in [0.29, 0.717) is 17.8 Å². The Morgan fingerprint density at radius 2 is 1.80 bits per heavy atom. The second-order valence-electron chi connectivity index (χ2n) is 4.94. The molecule has 2 aliphatic carbocycles. The summed E-state index contributed by atoms with van der Waals surface area (Å²) in [7, 11) is 0. The van der Waals surface area contributed by atoms with E-state index < -0.39 is 0 Å². The number of fused-ring (bicyclic) bond motifs is 2. The molecule has 4 N–H and O–H groups in total. The predicted octanol–water partition coefficient (Wildman–Crippen LogP) is 0.860. The standard InChI is InChI=1S/C12H17N3/c13-11-8-5-9(10(6-8)12(11)14)7-1-3-15-4-2-7/h1-4,8-12H,5-6,13-14H2. The van der Waals surface area contributed by atoms with Crippen LogP contribution in [0, 0.1) is 11.8 Å². The average molecular weight is 203 g/mol. The van der Waals surface area contributed by atoms with E-state index in [0.717, 1.165) is 0 Å². The zero-order valence-corrected chi connectivity index (χ0v) is 8.71. The third kappa shape index (κ3) is 1.30. The van der Waals surface area contributed by atoms with E-state index in [1.54, 1.807) is 0 Å². The number of hydrogen-bond acceptors (Lipinski definition) is 3. The van der Waals surface area contributed by atoms with Gasteiger partial charge >= 0.3 is 0 Å². The predicted molar refractivity (Wildman–Crippen MR) is 59.1 cm³/mol. The summed E-state index contributed by atoms with van der Waals surface area (Å²) in [6, 6.07) is 4.66. The van der Waals surface area contributed by atoms with Crippen LogP contribution in [0.1, 0.15) is 24.3 Å². The van der Waals surface area contributed by atoms with Crippen molar-refractivity contribution in [3.05, 3.63) is 30.1 Å². The molecule has 0 aliphatic heterocycles.